The Labute approximate surface area is 164 Å². The van der Waals surface area contributed by atoms with Gasteiger partial charge in [0, 0.05) is 42.6 Å². The molecule has 2 bridgehead atoms. The van der Waals surface area contributed by atoms with Crippen LogP contribution in [0, 0.1) is 11.3 Å². The Kier molecular flexibility index (Phi) is 3.97. The van der Waals surface area contributed by atoms with E-state index in [1.165, 1.54) is 0 Å². The Balaban J connectivity index is 1.44. The van der Waals surface area contributed by atoms with Crippen molar-refractivity contribution in [1.82, 2.24) is 9.88 Å². The van der Waals surface area contributed by atoms with Crippen LogP contribution in [0.15, 0.2) is 36.5 Å². The van der Waals surface area contributed by atoms with Gasteiger partial charge in [-0.05, 0) is 49.8 Å². The predicted octanol–water partition coefficient (Wildman–Crippen LogP) is 2.91. The number of piperidine rings is 2. The zero-order valence-corrected chi connectivity index (χ0v) is 15.7. The molecule has 0 radical (unpaired) electrons. The summed E-state index contributed by atoms with van der Waals surface area (Å²) in [5, 5.41) is 9.56. The van der Waals surface area contributed by atoms with Gasteiger partial charge in [0.2, 0.25) is 0 Å². The van der Waals surface area contributed by atoms with Crippen molar-refractivity contribution in [3.05, 3.63) is 53.2 Å². The number of nitriles is 1. The Morgan fingerprint density at radius 2 is 1.89 bits per heavy atom. The molecule has 4 aliphatic rings. The summed E-state index contributed by atoms with van der Waals surface area (Å²) >= 11 is 0. The number of nitrogens with zero attached hydrogens (tertiary/aromatic N) is 4. The van der Waals surface area contributed by atoms with E-state index in [0.29, 0.717) is 23.7 Å². The van der Waals surface area contributed by atoms with E-state index >= 15 is 0 Å². The molecule has 1 aromatic heterocycles. The van der Waals surface area contributed by atoms with Crippen LogP contribution in [0.5, 0.6) is 0 Å². The van der Waals surface area contributed by atoms with Crippen LogP contribution < -0.4 is 10.6 Å². The van der Waals surface area contributed by atoms with Crippen LogP contribution in [0.4, 0.5) is 11.5 Å². The van der Waals surface area contributed by atoms with Crippen LogP contribution >= 0.6 is 0 Å². The third kappa shape index (κ3) is 2.70. The van der Waals surface area contributed by atoms with Crippen LogP contribution in [-0.2, 0) is 0 Å². The number of nitrogens with two attached hydrogens (primary N) is 1. The molecule has 2 unspecified atom stereocenters. The van der Waals surface area contributed by atoms with E-state index in [0.717, 1.165) is 49.2 Å². The average Bonchev–Trinajstić information content (AvgIpc) is 3.58. The minimum Gasteiger partial charge on any atom is -0.398 e. The summed E-state index contributed by atoms with van der Waals surface area (Å²) in [5.41, 5.74) is 9.02. The fraction of sp³-hybridized carbons (Fsp3) is 0.409. The lowest BCUT2D eigenvalue weighted by Gasteiger charge is -2.52. The number of benzene rings is 1. The van der Waals surface area contributed by atoms with E-state index in [-0.39, 0.29) is 18.0 Å². The van der Waals surface area contributed by atoms with Crippen molar-refractivity contribution >= 4 is 17.4 Å². The molecule has 1 aliphatic carbocycles. The second-order valence-electron chi connectivity index (χ2n) is 8.06. The van der Waals surface area contributed by atoms with Crippen molar-refractivity contribution in [3.8, 4) is 6.07 Å². The van der Waals surface area contributed by atoms with Gasteiger partial charge in [0.15, 0.2) is 0 Å². The highest BCUT2D eigenvalue weighted by Gasteiger charge is 2.43. The molecule has 3 aliphatic heterocycles. The summed E-state index contributed by atoms with van der Waals surface area (Å²) in [6, 6.07) is 11.9. The van der Waals surface area contributed by atoms with Gasteiger partial charge in [0.1, 0.15) is 5.82 Å². The third-order valence-electron chi connectivity index (χ3n) is 6.33. The van der Waals surface area contributed by atoms with Gasteiger partial charge >= 0.3 is 0 Å². The van der Waals surface area contributed by atoms with Crippen LogP contribution in [0.2, 0.25) is 0 Å². The molecule has 6 nitrogen and oxygen atoms in total. The van der Waals surface area contributed by atoms with E-state index in [2.05, 4.69) is 16.0 Å². The van der Waals surface area contributed by atoms with E-state index in [1.807, 2.05) is 23.1 Å². The molecule has 28 heavy (non-hydrogen) atoms. The van der Waals surface area contributed by atoms with Crippen molar-refractivity contribution < 1.29 is 4.79 Å². The van der Waals surface area contributed by atoms with Crippen molar-refractivity contribution in [1.29, 1.82) is 5.26 Å². The number of hydrogen-bond acceptors (Lipinski definition) is 5. The van der Waals surface area contributed by atoms with Gasteiger partial charge in [0.05, 0.1) is 17.2 Å². The molecule has 1 saturated carbocycles. The number of amides is 1. The first-order chi connectivity index (χ1) is 13.7. The smallest absolute Gasteiger partial charge is 0.256 e. The summed E-state index contributed by atoms with van der Waals surface area (Å²) in [6.07, 6.45) is 6.05. The maximum Gasteiger partial charge on any atom is 0.256 e. The number of piperazine rings is 1. The summed E-state index contributed by atoms with van der Waals surface area (Å²) in [5.74, 6) is 1.44. The highest BCUT2D eigenvalue weighted by Crippen LogP contribution is 2.47. The zero-order chi connectivity index (χ0) is 19.3. The number of para-hydroxylation sites is 1. The Morgan fingerprint density at radius 3 is 2.57 bits per heavy atom. The molecule has 3 saturated heterocycles. The zero-order valence-electron chi connectivity index (χ0n) is 15.7. The average molecular weight is 373 g/mol. The largest absolute Gasteiger partial charge is 0.398 e. The highest BCUT2D eigenvalue weighted by atomic mass is 16.2. The lowest BCUT2D eigenvalue weighted by atomic mass is 9.89. The number of aromatic nitrogens is 1. The van der Waals surface area contributed by atoms with E-state index in [9.17, 15) is 10.1 Å². The molecule has 0 spiro atoms. The lowest BCUT2D eigenvalue weighted by Crippen LogP contribution is -2.64. The van der Waals surface area contributed by atoms with Crippen LogP contribution in [-0.4, -0.2) is 41.0 Å². The Bertz CT molecular complexity index is 977. The third-order valence-corrected chi connectivity index (χ3v) is 6.33. The minimum atomic E-state index is 0.0219. The summed E-state index contributed by atoms with van der Waals surface area (Å²) in [7, 11) is 0. The maximum absolute atomic E-state index is 13.1. The van der Waals surface area contributed by atoms with Gasteiger partial charge < -0.3 is 15.5 Å². The molecule has 2 N–H and O–H groups in total. The second-order valence-corrected chi connectivity index (χ2v) is 8.06. The molecule has 4 fully saturated rings. The molecule has 2 atom stereocenters. The fourth-order valence-electron chi connectivity index (χ4n) is 4.75. The fourth-order valence-corrected chi connectivity index (χ4v) is 4.75. The number of carbonyl (C=O) groups excluding carboxylic acids is 1. The van der Waals surface area contributed by atoms with Gasteiger partial charge in [-0.1, -0.05) is 12.1 Å². The van der Waals surface area contributed by atoms with Crippen molar-refractivity contribution in [2.45, 2.75) is 43.7 Å². The number of fused-ring (bicyclic) bond motifs is 3. The first kappa shape index (κ1) is 17.1. The Morgan fingerprint density at radius 1 is 1.11 bits per heavy atom. The minimum absolute atomic E-state index is 0.0219. The number of rotatable bonds is 3. The number of nitrogen functional groups attached to an aromatic ring is 1. The van der Waals surface area contributed by atoms with Gasteiger partial charge in [-0.3, -0.25) is 4.79 Å². The topological polar surface area (TPSA) is 86.2 Å². The standard InChI is InChI=1S/C22H23N5O/c23-11-15-9-10-25-21(20(15)14-5-6-14)26-12-17-8-7-16(26)13-27(17)22(28)18-3-1-2-4-19(18)24/h1-4,9-10,14,16-17H,5-8,12-13,24H2. The normalized spacial score (nSPS) is 23.5. The Hall–Kier alpha value is -3.07. The predicted molar refractivity (Wildman–Crippen MR) is 107 cm³/mol. The summed E-state index contributed by atoms with van der Waals surface area (Å²) < 4.78 is 0. The molecule has 2 aromatic rings. The summed E-state index contributed by atoms with van der Waals surface area (Å²) in [6.45, 7) is 1.45. The molecule has 1 amide bonds. The molecule has 6 heteroatoms. The number of pyridine rings is 1. The maximum atomic E-state index is 13.1. The van der Waals surface area contributed by atoms with E-state index in [4.69, 9.17) is 5.73 Å². The van der Waals surface area contributed by atoms with Crippen LogP contribution in [0.25, 0.3) is 0 Å². The van der Waals surface area contributed by atoms with Crippen LogP contribution in [0.1, 0.15) is 53.1 Å². The SMILES string of the molecule is N#Cc1ccnc(N2CC3CCC2CN3C(=O)c2ccccc2N)c1C1CC1. The highest BCUT2D eigenvalue weighted by molar-refractivity contribution is 5.99. The number of anilines is 2. The van der Waals surface area contributed by atoms with Crippen molar-refractivity contribution in [2.24, 2.45) is 0 Å². The van der Waals surface area contributed by atoms with Gasteiger partial charge in [-0.2, -0.15) is 5.26 Å². The number of hydrogen-bond donors (Lipinski definition) is 1. The molecular weight excluding hydrogens is 350 g/mol. The van der Waals surface area contributed by atoms with E-state index < -0.39 is 0 Å². The van der Waals surface area contributed by atoms with Gasteiger partial charge in [-0.25, -0.2) is 4.98 Å². The lowest BCUT2D eigenvalue weighted by molar-refractivity contribution is 0.0505. The van der Waals surface area contributed by atoms with Crippen LogP contribution in [0.3, 0.4) is 0 Å². The molecule has 4 heterocycles. The summed E-state index contributed by atoms with van der Waals surface area (Å²) in [4.78, 5) is 22.1. The van der Waals surface area contributed by atoms with Crippen molar-refractivity contribution in [2.75, 3.05) is 23.7 Å². The van der Waals surface area contributed by atoms with E-state index in [1.54, 1.807) is 18.3 Å². The second kappa shape index (κ2) is 6.52. The quantitative estimate of drug-likeness (QED) is 0.836. The monoisotopic (exact) mass is 373 g/mol. The number of carbonyl (C=O) groups is 1. The molecule has 1 aromatic carbocycles. The molecule has 142 valence electrons. The molecule has 6 rings (SSSR count). The van der Waals surface area contributed by atoms with Gasteiger partial charge in [-0.15, -0.1) is 0 Å². The molecular formula is C22H23N5O. The first-order valence-corrected chi connectivity index (χ1v) is 9.98. The first-order valence-electron chi connectivity index (χ1n) is 9.98. The van der Waals surface area contributed by atoms with Crippen molar-refractivity contribution in [3.63, 3.8) is 0 Å². The van der Waals surface area contributed by atoms with Gasteiger partial charge in [0.25, 0.3) is 5.91 Å².